The van der Waals surface area contributed by atoms with Gasteiger partial charge in [-0.05, 0) is 42.3 Å². The second-order valence-corrected chi connectivity index (χ2v) is 7.47. The van der Waals surface area contributed by atoms with Crippen molar-refractivity contribution in [1.29, 1.82) is 0 Å². The highest BCUT2D eigenvalue weighted by Crippen LogP contribution is 2.23. The summed E-state index contributed by atoms with van der Waals surface area (Å²) in [6, 6.07) is 14.0. The fourth-order valence-corrected chi connectivity index (χ4v) is 3.59. The number of anilines is 1. The third-order valence-corrected chi connectivity index (χ3v) is 5.19. The van der Waals surface area contributed by atoms with Crippen LogP contribution in [-0.4, -0.2) is 32.6 Å². The molecule has 1 amide bonds. The second kappa shape index (κ2) is 9.59. The van der Waals surface area contributed by atoms with Crippen LogP contribution in [0.15, 0.2) is 51.9 Å². The van der Waals surface area contributed by atoms with E-state index in [0.29, 0.717) is 25.5 Å². The summed E-state index contributed by atoms with van der Waals surface area (Å²) in [7, 11) is 3.41. The molecular formula is C21H25BrN4O2. The Morgan fingerprint density at radius 1 is 1.18 bits per heavy atom. The molecule has 1 heterocycles. The number of halogens is 1. The first kappa shape index (κ1) is 20.2. The normalized spacial score (nSPS) is 14.3. The van der Waals surface area contributed by atoms with Crippen LogP contribution in [0.4, 0.5) is 5.69 Å². The Balaban J connectivity index is 1.54. The molecule has 0 unspecified atom stereocenters. The minimum absolute atomic E-state index is 0.207. The fraction of sp³-hybridized carbons (Fsp3) is 0.333. The minimum atomic E-state index is 0.207. The van der Waals surface area contributed by atoms with Crippen LogP contribution in [0, 0.1) is 0 Å². The zero-order valence-corrected chi connectivity index (χ0v) is 17.8. The largest absolute Gasteiger partial charge is 0.496 e. The molecule has 0 saturated carbocycles. The third-order valence-electron chi connectivity index (χ3n) is 4.69. The molecule has 148 valence electrons. The lowest BCUT2D eigenvalue weighted by Gasteiger charge is -2.17. The Kier molecular flexibility index (Phi) is 6.92. The molecule has 0 spiro atoms. The molecule has 0 aromatic heterocycles. The van der Waals surface area contributed by atoms with Crippen molar-refractivity contribution < 1.29 is 9.53 Å². The molecular weight excluding hydrogens is 420 g/mol. The summed E-state index contributed by atoms with van der Waals surface area (Å²) >= 11 is 3.49. The quantitative estimate of drug-likeness (QED) is 0.528. The van der Waals surface area contributed by atoms with Gasteiger partial charge in [-0.15, -0.1) is 0 Å². The third kappa shape index (κ3) is 5.04. The standard InChI is InChI=1S/C21H25BrN4O2/c1-23-21(25-14-16-12-17(22)7-10-19(16)28-2)24-13-15-5-8-18(9-6-15)26-11-3-4-20(26)27/h5-10,12H,3-4,11,13-14H2,1-2H3,(H2,23,24,25). The first-order valence-corrected chi connectivity index (χ1v) is 10.1. The molecule has 1 aliphatic heterocycles. The van der Waals surface area contributed by atoms with E-state index in [4.69, 9.17) is 4.74 Å². The molecule has 1 fully saturated rings. The zero-order valence-electron chi connectivity index (χ0n) is 16.2. The van der Waals surface area contributed by atoms with Gasteiger partial charge in [0.1, 0.15) is 5.75 Å². The average Bonchev–Trinajstić information content (AvgIpc) is 3.14. The predicted molar refractivity (Wildman–Crippen MR) is 116 cm³/mol. The highest BCUT2D eigenvalue weighted by molar-refractivity contribution is 9.10. The van der Waals surface area contributed by atoms with Gasteiger partial charge in [-0.25, -0.2) is 0 Å². The van der Waals surface area contributed by atoms with Crippen LogP contribution in [0.2, 0.25) is 0 Å². The summed E-state index contributed by atoms with van der Waals surface area (Å²) in [5.74, 6) is 1.75. The lowest BCUT2D eigenvalue weighted by Crippen LogP contribution is -2.36. The van der Waals surface area contributed by atoms with Gasteiger partial charge in [0.2, 0.25) is 5.91 Å². The van der Waals surface area contributed by atoms with Crippen molar-refractivity contribution in [1.82, 2.24) is 10.6 Å². The maximum atomic E-state index is 11.8. The SMILES string of the molecule is CN=C(NCc1ccc(N2CCCC2=O)cc1)NCc1cc(Br)ccc1OC. The van der Waals surface area contributed by atoms with E-state index >= 15 is 0 Å². The van der Waals surface area contributed by atoms with E-state index < -0.39 is 0 Å². The molecule has 2 aromatic carbocycles. The minimum Gasteiger partial charge on any atom is -0.496 e. The Morgan fingerprint density at radius 3 is 2.57 bits per heavy atom. The molecule has 2 aromatic rings. The van der Waals surface area contributed by atoms with E-state index in [2.05, 4.69) is 31.6 Å². The van der Waals surface area contributed by atoms with E-state index in [-0.39, 0.29) is 5.91 Å². The van der Waals surface area contributed by atoms with Gasteiger partial charge >= 0.3 is 0 Å². The van der Waals surface area contributed by atoms with Gasteiger partial charge in [0.25, 0.3) is 0 Å². The molecule has 28 heavy (non-hydrogen) atoms. The summed E-state index contributed by atoms with van der Waals surface area (Å²) in [5.41, 5.74) is 3.13. The summed E-state index contributed by atoms with van der Waals surface area (Å²) in [6.45, 7) is 2.05. The Bertz CT molecular complexity index is 852. The number of benzene rings is 2. The van der Waals surface area contributed by atoms with Crippen LogP contribution in [0.5, 0.6) is 5.75 Å². The molecule has 0 aliphatic carbocycles. The molecule has 3 rings (SSSR count). The summed E-state index contributed by atoms with van der Waals surface area (Å²) < 4.78 is 6.41. The van der Waals surface area contributed by atoms with Crippen molar-refractivity contribution >= 4 is 33.5 Å². The molecule has 6 nitrogen and oxygen atoms in total. The number of nitrogens with zero attached hydrogens (tertiary/aromatic N) is 2. The van der Waals surface area contributed by atoms with Crippen LogP contribution in [0.1, 0.15) is 24.0 Å². The Labute approximate surface area is 174 Å². The highest BCUT2D eigenvalue weighted by atomic mass is 79.9. The second-order valence-electron chi connectivity index (χ2n) is 6.55. The number of aliphatic imine (C=N–C) groups is 1. The van der Waals surface area contributed by atoms with Crippen molar-refractivity contribution in [2.24, 2.45) is 4.99 Å². The van der Waals surface area contributed by atoms with Gasteiger partial charge in [-0.2, -0.15) is 0 Å². The number of methoxy groups -OCH3 is 1. The smallest absolute Gasteiger partial charge is 0.227 e. The number of carbonyl (C=O) groups excluding carboxylic acids is 1. The monoisotopic (exact) mass is 444 g/mol. The van der Waals surface area contributed by atoms with Gasteiger partial charge in [0, 0.05) is 48.8 Å². The fourth-order valence-electron chi connectivity index (χ4n) is 3.19. The molecule has 0 bridgehead atoms. The maximum Gasteiger partial charge on any atom is 0.227 e. The topological polar surface area (TPSA) is 66.0 Å². The van der Waals surface area contributed by atoms with Gasteiger partial charge in [-0.3, -0.25) is 9.79 Å². The van der Waals surface area contributed by atoms with Gasteiger partial charge < -0.3 is 20.3 Å². The Hall–Kier alpha value is -2.54. The van der Waals surface area contributed by atoms with Crippen molar-refractivity contribution in [2.75, 3.05) is 25.6 Å². The Morgan fingerprint density at radius 2 is 1.93 bits per heavy atom. The van der Waals surface area contributed by atoms with Crippen LogP contribution in [-0.2, 0) is 17.9 Å². The number of amides is 1. The zero-order chi connectivity index (χ0) is 19.9. The molecule has 1 aliphatic rings. The molecule has 1 saturated heterocycles. The first-order chi connectivity index (χ1) is 13.6. The van der Waals surface area contributed by atoms with E-state index in [9.17, 15) is 4.79 Å². The van der Waals surface area contributed by atoms with E-state index in [1.54, 1.807) is 14.2 Å². The average molecular weight is 445 g/mol. The van der Waals surface area contributed by atoms with E-state index in [1.165, 1.54) is 0 Å². The van der Waals surface area contributed by atoms with Crippen molar-refractivity contribution in [2.45, 2.75) is 25.9 Å². The summed E-state index contributed by atoms with van der Waals surface area (Å²) in [5, 5.41) is 6.62. The first-order valence-electron chi connectivity index (χ1n) is 9.27. The van der Waals surface area contributed by atoms with Crippen LogP contribution < -0.4 is 20.3 Å². The van der Waals surface area contributed by atoms with Crippen LogP contribution >= 0.6 is 15.9 Å². The highest BCUT2D eigenvalue weighted by Gasteiger charge is 2.21. The van der Waals surface area contributed by atoms with Crippen LogP contribution in [0.25, 0.3) is 0 Å². The lowest BCUT2D eigenvalue weighted by atomic mass is 10.2. The van der Waals surface area contributed by atoms with E-state index in [0.717, 1.165) is 40.0 Å². The van der Waals surface area contributed by atoms with Crippen molar-refractivity contribution in [3.8, 4) is 5.75 Å². The summed E-state index contributed by atoms with van der Waals surface area (Å²) in [6.07, 6.45) is 1.58. The predicted octanol–water partition coefficient (Wildman–Crippen LogP) is 3.45. The maximum absolute atomic E-state index is 11.8. The number of guanidine groups is 1. The van der Waals surface area contributed by atoms with Gasteiger partial charge in [0.05, 0.1) is 7.11 Å². The number of rotatable bonds is 6. The van der Waals surface area contributed by atoms with Crippen LogP contribution in [0.3, 0.4) is 0 Å². The number of ether oxygens (including phenoxy) is 1. The lowest BCUT2D eigenvalue weighted by molar-refractivity contribution is -0.117. The number of hydrogen-bond acceptors (Lipinski definition) is 3. The van der Waals surface area contributed by atoms with Crippen molar-refractivity contribution in [3.05, 3.63) is 58.1 Å². The van der Waals surface area contributed by atoms with Crippen molar-refractivity contribution in [3.63, 3.8) is 0 Å². The molecule has 0 atom stereocenters. The molecule has 0 radical (unpaired) electrons. The molecule has 7 heteroatoms. The number of carbonyl (C=O) groups is 1. The van der Waals surface area contributed by atoms with E-state index in [1.807, 2.05) is 47.4 Å². The number of nitrogens with one attached hydrogen (secondary N) is 2. The number of hydrogen-bond donors (Lipinski definition) is 2. The molecule has 2 N–H and O–H groups in total. The summed E-state index contributed by atoms with van der Waals surface area (Å²) in [4.78, 5) is 18.0. The van der Waals surface area contributed by atoms with Gasteiger partial charge in [0.15, 0.2) is 5.96 Å². The van der Waals surface area contributed by atoms with Gasteiger partial charge in [-0.1, -0.05) is 28.1 Å².